The lowest BCUT2D eigenvalue weighted by molar-refractivity contribution is 0.309. The number of rotatable bonds is 2. The minimum atomic E-state index is 0.707. The average molecular weight is 270 g/mol. The molecule has 0 aliphatic carbocycles. The van der Waals surface area contributed by atoms with E-state index in [0.717, 1.165) is 12.5 Å². The quantitative estimate of drug-likeness (QED) is 0.902. The number of piperidine rings is 1. The van der Waals surface area contributed by atoms with Gasteiger partial charge in [-0.2, -0.15) is 5.10 Å². The van der Waals surface area contributed by atoms with Gasteiger partial charge in [-0.15, -0.1) is 0 Å². The number of aromatic nitrogens is 2. The largest absolute Gasteiger partial charge is 0.312 e. The minimum absolute atomic E-state index is 0.707. The highest BCUT2D eigenvalue weighted by Crippen LogP contribution is 2.27. The molecule has 4 nitrogen and oxygen atoms in total. The fourth-order valence-corrected chi connectivity index (χ4v) is 3.88. The molecule has 0 saturated carbocycles. The summed E-state index contributed by atoms with van der Waals surface area (Å²) in [5, 5.41) is 9.70. The van der Waals surface area contributed by atoms with E-state index in [1.54, 1.807) is 0 Å². The van der Waals surface area contributed by atoms with E-state index in [0.29, 0.717) is 6.04 Å². The summed E-state index contributed by atoms with van der Waals surface area (Å²) < 4.78 is 2.01. The lowest BCUT2D eigenvalue weighted by atomic mass is 9.94. The van der Waals surface area contributed by atoms with Crippen LogP contribution in [0.25, 0.3) is 10.9 Å². The normalized spacial score (nSPS) is 27.1. The Morgan fingerprint density at radius 3 is 3.10 bits per heavy atom. The summed E-state index contributed by atoms with van der Waals surface area (Å²) in [6.07, 6.45) is 2.72. The Bertz CT molecular complexity index is 604. The molecule has 1 aromatic carbocycles. The second-order valence-electron chi connectivity index (χ2n) is 6.24. The van der Waals surface area contributed by atoms with Gasteiger partial charge < -0.3 is 5.32 Å². The van der Waals surface area contributed by atoms with Crippen LogP contribution in [0, 0.1) is 5.92 Å². The van der Waals surface area contributed by atoms with Gasteiger partial charge in [0.05, 0.1) is 11.2 Å². The van der Waals surface area contributed by atoms with Crippen molar-refractivity contribution < 1.29 is 0 Å². The number of aryl methyl sites for hydroxylation is 1. The molecular formula is C16H22N4. The first-order chi connectivity index (χ1) is 9.81. The molecule has 1 N–H and O–H groups in total. The summed E-state index contributed by atoms with van der Waals surface area (Å²) in [5.74, 6) is 0.846. The van der Waals surface area contributed by atoms with Crippen LogP contribution in [0.4, 0.5) is 0 Å². The van der Waals surface area contributed by atoms with Gasteiger partial charge in [0.2, 0.25) is 0 Å². The van der Waals surface area contributed by atoms with Crippen molar-refractivity contribution >= 4 is 10.9 Å². The molecule has 0 bridgehead atoms. The summed E-state index contributed by atoms with van der Waals surface area (Å²) >= 11 is 0. The number of hydrogen-bond acceptors (Lipinski definition) is 3. The summed E-state index contributed by atoms with van der Waals surface area (Å²) in [7, 11) is 2.04. The van der Waals surface area contributed by atoms with Crippen LogP contribution in [-0.2, 0) is 13.6 Å². The van der Waals surface area contributed by atoms with Gasteiger partial charge in [0.1, 0.15) is 0 Å². The van der Waals surface area contributed by atoms with Crippen LogP contribution >= 0.6 is 0 Å². The molecule has 1 aromatic heterocycles. The van der Waals surface area contributed by atoms with Gasteiger partial charge in [-0.25, -0.2) is 0 Å². The summed E-state index contributed by atoms with van der Waals surface area (Å²) in [5.41, 5.74) is 2.46. The van der Waals surface area contributed by atoms with E-state index in [2.05, 4.69) is 34.5 Å². The zero-order valence-corrected chi connectivity index (χ0v) is 12.0. The highest BCUT2D eigenvalue weighted by Gasteiger charge is 2.34. The smallest absolute Gasteiger partial charge is 0.0843 e. The first-order valence-electron chi connectivity index (χ1n) is 7.67. The highest BCUT2D eigenvalue weighted by atomic mass is 15.3. The molecule has 0 radical (unpaired) electrons. The number of likely N-dealkylation sites (tertiary alicyclic amines) is 1. The van der Waals surface area contributed by atoms with Gasteiger partial charge in [-0.1, -0.05) is 18.2 Å². The Morgan fingerprint density at radius 2 is 2.20 bits per heavy atom. The molecule has 2 aromatic rings. The number of nitrogens with one attached hydrogen (secondary N) is 1. The van der Waals surface area contributed by atoms with Crippen LogP contribution in [0.2, 0.25) is 0 Å². The lowest BCUT2D eigenvalue weighted by Crippen LogP contribution is -2.40. The fraction of sp³-hybridized carbons (Fsp3) is 0.562. The molecule has 4 rings (SSSR count). The summed E-state index contributed by atoms with van der Waals surface area (Å²) in [6.45, 7) is 4.58. The standard InChI is InChI=1S/C16H22N4/c1-19-16-7-3-2-6-13(16)15(18-19)11-20-9-12-5-4-8-17-14(12)10-20/h2-3,6-7,12,14,17H,4-5,8-11H2,1H3/t12-,14+/m0/s1. The molecule has 2 atom stereocenters. The minimum Gasteiger partial charge on any atom is -0.312 e. The molecule has 2 aliphatic rings. The van der Waals surface area contributed by atoms with Crippen LogP contribution in [0.1, 0.15) is 18.5 Å². The number of benzene rings is 1. The third kappa shape index (κ3) is 2.03. The summed E-state index contributed by atoms with van der Waals surface area (Å²) in [4.78, 5) is 2.57. The maximum atomic E-state index is 4.73. The Balaban J connectivity index is 1.56. The van der Waals surface area contributed by atoms with E-state index < -0.39 is 0 Å². The van der Waals surface area contributed by atoms with Crippen LogP contribution in [0.5, 0.6) is 0 Å². The number of hydrogen-bond donors (Lipinski definition) is 1. The first kappa shape index (κ1) is 12.4. The van der Waals surface area contributed by atoms with Gasteiger partial charge in [0.15, 0.2) is 0 Å². The Labute approximate surface area is 119 Å². The number of fused-ring (bicyclic) bond motifs is 2. The van der Waals surface area contributed by atoms with Crippen molar-refractivity contribution in [1.82, 2.24) is 20.0 Å². The third-order valence-corrected chi connectivity index (χ3v) is 4.88. The molecule has 2 aliphatic heterocycles. The lowest BCUT2D eigenvalue weighted by Gasteiger charge is -2.24. The van der Waals surface area contributed by atoms with Crippen LogP contribution in [0.3, 0.4) is 0 Å². The second kappa shape index (κ2) is 4.86. The molecule has 3 heterocycles. The SMILES string of the molecule is Cn1nc(CN2C[C@@H]3CCCN[C@@H]3C2)c2ccccc21. The fourth-order valence-electron chi connectivity index (χ4n) is 3.88. The zero-order chi connectivity index (χ0) is 13.5. The van der Waals surface area contributed by atoms with E-state index in [9.17, 15) is 0 Å². The number of nitrogens with zero attached hydrogens (tertiary/aromatic N) is 3. The maximum absolute atomic E-state index is 4.73. The maximum Gasteiger partial charge on any atom is 0.0843 e. The molecular weight excluding hydrogens is 248 g/mol. The zero-order valence-electron chi connectivity index (χ0n) is 12.0. The molecule has 0 spiro atoms. The monoisotopic (exact) mass is 270 g/mol. The van der Waals surface area contributed by atoms with Gasteiger partial charge in [0, 0.05) is 38.1 Å². The predicted octanol–water partition coefficient (Wildman–Crippen LogP) is 1.76. The van der Waals surface area contributed by atoms with Crippen molar-refractivity contribution in [3.8, 4) is 0 Å². The topological polar surface area (TPSA) is 33.1 Å². The van der Waals surface area contributed by atoms with E-state index in [-0.39, 0.29) is 0 Å². The third-order valence-electron chi connectivity index (χ3n) is 4.88. The van der Waals surface area contributed by atoms with E-state index >= 15 is 0 Å². The molecule has 4 heteroatoms. The van der Waals surface area contributed by atoms with Gasteiger partial charge in [-0.05, 0) is 31.4 Å². The molecule has 0 amide bonds. The Hall–Kier alpha value is -1.39. The van der Waals surface area contributed by atoms with Crippen molar-refractivity contribution in [2.24, 2.45) is 13.0 Å². The van der Waals surface area contributed by atoms with Crippen molar-refractivity contribution in [3.05, 3.63) is 30.0 Å². The van der Waals surface area contributed by atoms with Gasteiger partial charge in [0.25, 0.3) is 0 Å². The van der Waals surface area contributed by atoms with Crippen LogP contribution in [-0.4, -0.2) is 40.4 Å². The van der Waals surface area contributed by atoms with Crippen LogP contribution < -0.4 is 5.32 Å². The Kier molecular flexibility index (Phi) is 3.00. The molecule has 0 unspecified atom stereocenters. The average Bonchev–Trinajstić information content (AvgIpc) is 3.01. The highest BCUT2D eigenvalue weighted by molar-refractivity contribution is 5.81. The van der Waals surface area contributed by atoms with Gasteiger partial charge >= 0.3 is 0 Å². The van der Waals surface area contributed by atoms with E-state index in [4.69, 9.17) is 5.10 Å². The second-order valence-corrected chi connectivity index (χ2v) is 6.24. The van der Waals surface area contributed by atoms with Gasteiger partial charge in [-0.3, -0.25) is 9.58 Å². The summed E-state index contributed by atoms with van der Waals surface area (Å²) in [6, 6.07) is 9.25. The first-order valence-corrected chi connectivity index (χ1v) is 7.67. The van der Waals surface area contributed by atoms with E-state index in [1.807, 2.05) is 11.7 Å². The Morgan fingerprint density at radius 1 is 1.30 bits per heavy atom. The van der Waals surface area contributed by atoms with Crippen LogP contribution in [0.15, 0.2) is 24.3 Å². The van der Waals surface area contributed by atoms with Crippen molar-refractivity contribution in [1.29, 1.82) is 0 Å². The molecule has 20 heavy (non-hydrogen) atoms. The molecule has 2 fully saturated rings. The predicted molar refractivity (Wildman–Crippen MR) is 80.5 cm³/mol. The number of para-hydroxylation sites is 1. The molecule has 106 valence electrons. The van der Waals surface area contributed by atoms with Crippen molar-refractivity contribution in [2.45, 2.75) is 25.4 Å². The van der Waals surface area contributed by atoms with E-state index in [1.165, 1.54) is 49.1 Å². The van der Waals surface area contributed by atoms with Crippen molar-refractivity contribution in [2.75, 3.05) is 19.6 Å². The molecule has 2 saturated heterocycles. The van der Waals surface area contributed by atoms with Crippen molar-refractivity contribution in [3.63, 3.8) is 0 Å².